The molecule has 1 unspecified atom stereocenters. The van der Waals surface area contributed by atoms with Crippen molar-refractivity contribution in [1.82, 2.24) is 0 Å². The van der Waals surface area contributed by atoms with Crippen molar-refractivity contribution >= 4 is 28.8 Å². The standard InChI is InChI=1S/C13H18N2OS/c1-8-4-5-11(6-9(8)2)15-13(16)10(3)7-12(14)17/h4-6,10H,7H2,1-3H3,(H2,14,17)(H,15,16). The number of nitrogens with two attached hydrogens (primary N) is 1. The van der Waals surface area contributed by atoms with Crippen LogP contribution in [0, 0.1) is 19.8 Å². The maximum absolute atomic E-state index is 11.8. The minimum absolute atomic E-state index is 0.0546. The van der Waals surface area contributed by atoms with Gasteiger partial charge in [0.05, 0.1) is 4.99 Å². The summed E-state index contributed by atoms with van der Waals surface area (Å²) in [6.45, 7) is 5.87. The van der Waals surface area contributed by atoms with Crippen LogP contribution in [-0.4, -0.2) is 10.9 Å². The van der Waals surface area contributed by atoms with Crippen LogP contribution >= 0.6 is 12.2 Å². The number of rotatable bonds is 4. The van der Waals surface area contributed by atoms with Crippen molar-refractivity contribution in [3.63, 3.8) is 0 Å². The molecule has 0 bridgehead atoms. The van der Waals surface area contributed by atoms with Gasteiger partial charge in [-0.05, 0) is 37.1 Å². The summed E-state index contributed by atoms with van der Waals surface area (Å²) in [4.78, 5) is 12.2. The molecular formula is C13H18N2OS. The lowest BCUT2D eigenvalue weighted by molar-refractivity contribution is -0.119. The van der Waals surface area contributed by atoms with E-state index < -0.39 is 0 Å². The van der Waals surface area contributed by atoms with Gasteiger partial charge in [0.25, 0.3) is 0 Å². The van der Waals surface area contributed by atoms with E-state index in [0.29, 0.717) is 11.4 Å². The minimum Gasteiger partial charge on any atom is -0.393 e. The highest BCUT2D eigenvalue weighted by atomic mass is 32.1. The first-order chi connectivity index (χ1) is 7.90. The predicted molar refractivity (Wildman–Crippen MR) is 75.1 cm³/mol. The molecule has 4 heteroatoms. The molecule has 1 aromatic rings. The van der Waals surface area contributed by atoms with Crippen molar-refractivity contribution in [2.75, 3.05) is 5.32 Å². The average Bonchev–Trinajstić information content (AvgIpc) is 2.22. The van der Waals surface area contributed by atoms with Gasteiger partial charge in [0, 0.05) is 18.0 Å². The largest absolute Gasteiger partial charge is 0.393 e. The second-order valence-electron chi connectivity index (χ2n) is 4.36. The Balaban J connectivity index is 2.67. The smallest absolute Gasteiger partial charge is 0.227 e. The molecule has 1 atom stereocenters. The van der Waals surface area contributed by atoms with E-state index in [1.807, 2.05) is 39.0 Å². The lowest BCUT2D eigenvalue weighted by atomic mass is 10.1. The molecule has 0 aromatic heterocycles. The van der Waals surface area contributed by atoms with E-state index in [2.05, 4.69) is 5.32 Å². The van der Waals surface area contributed by atoms with Crippen molar-refractivity contribution in [3.05, 3.63) is 29.3 Å². The van der Waals surface area contributed by atoms with Crippen LogP contribution < -0.4 is 11.1 Å². The lowest BCUT2D eigenvalue weighted by Gasteiger charge is -2.12. The lowest BCUT2D eigenvalue weighted by Crippen LogP contribution is -2.24. The molecule has 1 amide bonds. The Morgan fingerprint density at radius 2 is 2.06 bits per heavy atom. The van der Waals surface area contributed by atoms with Crippen LogP contribution in [0.2, 0.25) is 0 Å². The fourth-order valence-corrected chi connectivity index (χ4v) is 1.73. The number of anilines is 1. The Bertz CT molecular complexity index is 443. The quantitative estimate of drug-likeness (QED) is 0.807. The van der Waals surface area contributed by atoms with Gasteiger partial charge in [-0.25, -0.2) is 0 Å². The molecule has 0 saturated heterocycles. The summed E-state index contributed by atoms with van der Waals surface area (Å²) in [5.74, 6) is -0.254. The number of amides is 1. The molecule has 92 valence electrons. The maximum atomic E-state index is 11.8. The van der Waals surface area contributed by atoms with Gasteiger partial charge in [-0.15, -0.1) is 0 Å². The van der Waals surface area contributed by atoms with E-state index in [4.69, 9.17) is 18.0 Å². The zero-order valence-corrected chi connectivity index (χ0v) is 11.2. The molecular weight excluding hydrogens is 232 g/mol. The Kier molecular flexibility index (Phi) is 4.63. The van der Waals surface area contributed by atoms with Crippen LogP contribution in [0.4, 0.5) is 5.69 Å². The molecule has 1 aromatic carbocycles. The van der Waals surface area contributed by atoms with Crippen LogP contribution in [0.5, 0.6) is 0 Å². The summed E-state index contributed by atoms with van der Waals surface area (Å²) in [7, 11) is 0. The molecule has 0 radical (unpaired) electrons. The third-order valence-electron chi connectivity index (χ3n) is 2.73. The monoisotopic (exact) mass is 250 g/mol. The normalized spacial score (nSPS) is 11.9. The minimum atomic E-state index is -0.200. The van der Waals surface area contributed by atoms with Gasteiger partial charge in [-0.2, -0.15) is 0 Å². The highest BCUT2D eigenvalue weighted by molar-refractivity contribution is 7.80. The van der Waals surface area contributed by atoms with Crippen LogP contribution in [0.1, 0.15) is 24.5 Å². The molecule has 0 aliphatic heterocycles. The van der Waals surface area contributed by atoms with Gasteiger partial charge < -0.3 is 11.1 Å². The fraction of sp³-hybridized carbons (Fsp3) is 0.385. The Labute approximate surface area is 107 Å². The average molecular weight is 250 g/mol. The fourth-order valence-electron chi connectivity index (χ4n) is 1.48. The Morgan fingerprint density at radius 1 is 1.41 bits per heavy atom. The molecule has 0 fully saturated rings. The molecule has 3 N–H and O–H groups in total. The number of thiocarbonyl (C=S) groups is 1. The molecule has 0 aliphatic rings. The van der Waals surface area contributed by atoms with Crippen LogP contribution in [0.15, 0.2) is 18.2 Å². The molecule has 1 rings (SSSR count). The molecule has 0 saturated carbocycles. The van der Waals surface area contributed by atoms with Crippen LogP contribution in [-0.2, 0) is 4.79 Å². The third kappa shape index (κ3) is 4.15. The van der Waals surface area contributed by atoms with E-state index in [1.165, 1.54) is 5.56 Å². The molecule has 3 nitrogen and oxygen atoms in total. The van der Waals surface area contributed by atoms with Crippen molar-refractivity contribution in [2.45, 2.75) is 27.2 Å². The third-order valence-corrected chi connectivity index (χ3v) is 2.90. The van der Waals surface area contributed by atoms with Gasteiger partial charge in [0.15, 0.2) is 0 Å². The first-order valence-electron chi connectivity index (χ1n) is 5.56. The highest BCUT2D eigenvalue weighted by Gasteiger charge is 2.14. The highest BCUT2D eigenvalue weighted by Crippen LogP contribution is 2.15. The molecule has 17 heavy (non-hydrogen) atoms. The predicted octanol–water partition coefficient (Wildman–Crippen LogP) is 2.55. The molecule has 0 aliphatic carbocycles. The van der Waals surface area contributed by atoms with E-state index in [9.17, 15) is 4.79 Å². The summed E-state index contributed by atoms with van der Waals surface area (Å²) in [6.07, 6.45) is 0.437. The van der Waals surface area contributed by atoms with Crippen LogP contribution in [0.3, 0.4) is 0 Å². The number of carbonyl (C=O) groups is 1. The second kappa shape index (κ2) is 5.77. The summed E-state index contributed by atoms with van der Waals surface area (Å²) >= 11 is 4.79. The summed E-state index contributed by atoms with van der Waals surface area (Å²) < 4.78 is 0. The molecule has 0 heterocycles. The van der Waals surface area contributed by atoms with E-state index >= 15 is 0 Å². The first kappa shape index (κ1) is 13.6. The zero-order chi connectivity index (χ0) is 13.0. The van der Waals surface area contributed by atoms with Gasteiger partial charge in [-0.3, -0.25) is 4.79 Å². The number of carbonyl (C=O) groups excluding carboxylic acids is 1. The van der Waals surface area contributed by atoms with Gasteiger partial charge in [0.2, 0.25) is 5.91 Å². The SMILES string of the molecule is Cc1ccc(NC(=O)C(C)CC(N)=S)cc1C. The number of nitrogens with one attached hydrogen (secondary N) is 1. The van der Waals surface area contributed by atoms with Gasteiger partial charge >= 0.3 is 0 Å². The number of aryl methyl sites for hydroxylation is 2. The van der Waals surface area contributed by atoms with E-state index in [-0.39, 0.29) is 11.8 Å². The van der Waals surface area contributed by atoms with Gasteiger partial charge in [-0.1, -0.05) is 25.2 Å². The number of hydrogen-bond acceptors (Lipinski definition) is 2. The number of benzene rings is 1. The Hall–Kier alpha value is -1.42. The summed E-state index contributed by atoms with van der Waals surface area (Å²) in [5, 5.41) is 2.86. The van der Waals surface area contributed by atoms with Crippen LogP contribution in [0.25, 0.3) is 0 Å². The van der Waals surface area contributed by atoms with Crippen molar-refractivity contribution in [2.24, 2.45) is 11.7 Å². The summed E-state index contributed by atoms with van der Waals surface area (Å²) in [5.41, 5.74) is 8.60. The van der Waals surface area contributed by atoms with Crippen molar-refractivity contribution in [1.29, 1.82) is 0 Å². The Morgan fingerprint density at radius 3 is 2.59 bits per heavy atom. The van der Waals surface area contributed by atoms with Crippen molar-refractivity contribution < 1.29 is 4.79 Å². The zero-order valence-electron chi connectivity index (χ0n) is 10.4. The second-order valence-corrected chi connectivity index (χ2v) is 4.88. The van der Waals surface area contributed by atoms with E-state index in [0.717, 1.165) is 11.3 Å². The maximum Gasteiger partial charge on any atom is 0.227 e. The topological polar surface area (TPSA) is 55.1 Å². The van der Waals surface area contributed by atoms with E-state index in [1.54, 1.807) is 0 Å². The number of hydrogen-bond donors (Lipinski definition) is 2. The van der Waals surface area contributed by atoms with Crippen molar-refractivity contribution in [3.8, 4) is 0 Å². The van der Waals surface area contributed by atoms with Gasteiger partial charge in [0.1, 0.15) is 0 Å². The summed E-state index contributed by atoms with van der Waals surface area (Å²) in [6, 6.07) is 5.84. The molecule has 0 spiro atoms. The first-order valence-corrected chi connectivity index (χ1v) is 5.97.